The summed E-state index contributed by atoms with van der Waals surface area (Å²) in [7, 11) is 0. The van der Waals surface area contributed by atoms with Gasteiger partial charge in [0.25, 0.3) is 0 Å². The number of carbonyl (C=O) groups excluding carboxylic acids is 1. The molecule has 1 aliphatic heterocycles. The molecular formula is C17H21N3O. The van der Waals surface area contributed by atoms with Crippen molar-refractivity contribution >= 4 is 11.6 Å². The first-order valence-electron chi connectivity index (χ1n) is 7.77. The number of carbonyl (C=O) groups is 1. The molecule has 1 saturated heterocycles. The van der Waals surface area contributed by atoms with E-state index in [0.29, 0.717) is 17.7 Å². The zero-order valence-corrected chi connectivity index (χ0v) is 12.2. The van der Waals surface area contributed by atoms with E-state index >= 15 is 0 Å². The lowest BCUT2D eigenvalue weighted by atomic mass is 10.0. The van der Waals surface area contributed by atoms with Gasteiger partial charge in [-0.25, -0.2) is 0 Å². The van der Waals surface area contributed by atoms with Crippen molar-refractivity contribution in [1.82, 2.24) is 4.90 Å². The molecule has 110 valence electrons. The van der Waals surface area contributed by atoms with Crippen LogP contribution in [-0.2, 0) is 4.79 Å². The van der Waals surface area contributed by atoms with Crippen molar-refractivity contribution < 1.29 is 4.79 Å². The molecule has 1 heterocycles. The van der Waals surface area contributed by atoms with Gasteiger partial charge in [0.05, 0.1) is 11.6 Å². The fraction of sp³-hybridized carbons (Fsp3) is 0.529. The van der Waals surface area contributed by atoms with Crippen LogP contribution in [-0.4, -0.2) is 30.4 Å². The lowest BCUT2D eigenvalue weighted by Crippen LogP contribution is -2.26. The predicted octanol–water partition coefficient (Wildman–Crippen LogP) is 2.62. The first kappa shape index (κ1) is 14.1. The Hall–Kier alpha value is -1.86. The van der Waals surface area contributed by atoms with Crippen LogP contribution in [0.5, 0.6) is 0 Å². The average molecular weight is 283 g/mol. The van der Waals surface area contributed by atoms with Crippen molar-refractivity contribution in [2.75, 3.05) is 25.0 Å². The van der Waals surface area contributed by atoms with Gasteiger partial charge in [-0.05, 0) is 42.9 Å². The molecule has 1 aromatic carbocycles. The minimum absolute atomic E-state index is 0.0298. The summed E-state index contributed by atoms with van der Waals surface area (Å²) in [5.74, 6) is 1.78. The Bertz CT molecular complexity index is 551. The molecule has 1 N–H and O–H groups in total. The van der Waals surface area contributed by atoms with E-state index in [-0.39, 0.29) is 5.91 Å². The van der Waals surface area contributed by atoms with Crippen LogP contribution in [0.2, 0.25) is 0 Å². The van der Waals surface area contributed by atoms with E-state index in [1.807, 2.05) is 6.07 Å². The summed E-state index contributed by atoms with van der Waals surface area (Å²) >= 11 is 0. The maximum absolute atomic E-state index is 12.0. The molecule has 2 unspecified atom stereocenters. The Morgan fingerprint density at radius 3 is 2.81 bits per heavy atom. The SMILES string of the molecule is N#Cc1cccc(NC(=O)CCN2CC3CCCC3C2)c1. The van der Waals surface area contributed by atoms with E-state index in [9.17, 15) is 4.79 Å². The number of amides is 1. The molecule has 4 heteroatoms. The molecule has 2 fully saturated rings. The number of nitriles is 1. The number of likely N-dealkylation sites (tertiary alicyclic amines) is 1. The fourth-order valence-electron chi connectivity index (χ4n) is 3.66. The van der Waals surface area contributed by atoms with E-state index in [0.717, 1.165) is 18.4 Å². The number of nitrogens with zero attached hydrogens (tertiary/aromatic N) is 2. The average Bonchev–Trinajstić information content (AvgIpc) is 3.06. The molecule has 1 amide bonds. The zero-order chi connectivity index (χ0) is 14.7. The Morgan fingerprint density at radius 1 is 1.33 bits per heavy atom. The molecule has 1 saturated carbocycles. The van der Waals surface area contributed by atoms with Gasteiger partial charge in [-0.1, -0.05) is 12.5 Å². The van der Waals surface area contributed by atoms with E-state index in [4.69, 9.17) is 5.26 Å². The van der Waals surface area contributed by atoms with E-state index < -0.39 is 0 Å². The summed E-state index contributed by atoms with van der Waals surface area (Å²) in [5.41, 5.74) is 1.28. The van der Waals surface area contributed by atoms with Crippen molar-refractivity contribution in [1.29, 1.82) is 5.26 Å². The molecule has 3 rings (SSSR count). The Balaban J connectivity index is 1.45. The second-order valence-corrected chi connectivity index (χ2v) is 6.20. The van der Waals surface area contributed by atoms with Gasteiger partial charge in [-0.2, -0.15) is 5.26 Å². The summed E-state index contributed by atoms with van der Waals surface area (Å²) in [4.78, 5) is 14.4. The van der Waals surface area contributed by atoms with Crippen LogP contribution in [0.25, 0.3) is 0 Å². The van der Waals surface area contributed by atoms with Gasteiger partial charge in [-0.15, -0.1) is 0 Å². The second-order valence-electron chi connectivity index (χ2n) is 6.20. The number of anilines is 1. The number of fused-ring (bicyclic) bond motifs is 1. The molecular weight excluding hydrogens is 262 g/mol. The molecule has 4 nitrogen and oxygen atoms in total. The molecule has 0 radical (unpaired) electrons. The minimum Gasteiger partial charge on any atom is -0.326 e. The highest BCUT2D eigenvalue weighted by Gasteiger charge is 2.35. The highest BCUT2D eigenvalue weighted by molar-refractivity contribution is 5.90. The number of hydrogen-bond acceptors (Lipinski definition) is 3. The van der Waals surface area contributed by atoms with Gasteiger partial charge in [0.1, 0.15) is 0 Å². The standard InChI is InChI=1S/C17H21N3O/c18-10-13-3-1-6-16(9-13)19-17(21)7-8-20-11-14-4-2-5-15(14)12-20/h1,3,6,9,14-15H,2,4-5,7-8,11-12H2,(H,19,21). The molecule has 21 heavy (non-hydrogen) atoms. The lowest BCUT2D eigenvalue weighted by Gasteiger charge is -2.16. The maximum atomic E-state index is 12.0. The third kappa shape index (κ3) is 3.43. The highest BCUT2D eigenvalue weighted by atomic mass is 16.1. The first-order chi connectivity index (χ1) is 10.2. The zero-order valence-electron chi connectivity index (χ0n) is 12.2. The Morgan fingerprint density at radius 2 is 2.10 bits per heavy atom. The molecule has 1 aliphatic carbocycles. The molecule has 0 spiro atoms. The predicted molar refractivity (Wildman–Crippen MR) is 81.7 cm³/mol. The topological polar surface area (TPSA) is 56.1 Å². The summed E-state index contributed by atoms with van der Waals surface area (Å²) in [6, 6.07) is 9.13. The van der Waals surface area contributed by atoms with E-state index in [1.54, 1.807) is 18.2 Å². The van der Waals surface area contributed by atoms with Crippen molar-refractivity contribution in [3.8, 4) is 6.07 Å². The second kappa shape index (κ2) is 6.28. The number of rotatable bonds is 4. The van der Waals surface area contributed by atoms with Gasteiger partial charge in [0, 0.05) is 31.7 Å². The fourth-order valence-corrected chi connectivity index (χ4v) is 3.66. The van der Waals surface area contributed by atoms with Crippen LogP contribution < -0.4 is 5.32 Å². The normalized spacial score (nSPS) is 24.5. The minimum atomic E-state index is 0.0298. The van der Waals surface area contributed by atoms with Crippen LogP contribution in [0.1, 0.15) is 31.2 Å². The molecule has 1 aromatic rings. The third-order valence-electron chi connectivity index (χ3n) is 4.73. The van der Waals surface area contributed by atoms with Crippen LogP contribution in [0.15, 0.2) is 24.3 Å². The quantitative estimate of drug-likeness (QED) is 0.924. The summed E-state index contributed by atoms with van der Waals surface area (Å²) in [6.45, 7) is 3.18. The third-order valence-corrected chi connectivity index (χ3v) is 4.73. The molecule has 2 atom stereocenters. The van der Waals surface area contributed by atoms with Crippen LogP contribution in [0, 0.1) is 23.2 Å². The van der Waals surface area contributed by atoms with Crippen molar-refractivity contribution in [2.45, 2.75) is 25.7 Å². The van der Waals surface area contributed by atoms with E-state index in [2.05, 4.69) is 16.3 Å². The van der Waals surface area contributed by atoms with Gasteiger partial charge in [-0.3, -0.25) is 4.79 Å². The Kier molecular flexibility index (Phi) is 4.21. The van der Waals surface area contributed by atoms with Gasteiger partial charge in [0.15, 0.2) is 0 Å². The van der Waals surface area contributed by atoms with Crippen molar-refractivity contribution in [2.24, 2.45) is 11.8 Å². The highest BCUT2D eigenvalue weighted by Crippen LogP contribution is 2.37. The summed E-state index contributed by atoms with van der Waals surface area (Å²) in [5, 5.41) is 11.7. The molecule has 2 aliphatic rings. The van der Waals surface area contributed by atoms with Crippen LogP contribution in [0.3, 0.4) is 0 Å². The summed E-state index contributed by atoms with van der Waals surface area (Å²) in [6.07, 6.45) is 4.65. The monoisotopic (exact) mass is 283 g/mol. The van der Waals surface area contributed by atoms with Crippen molar-refractivity contribution in [3.63, 3.8) is 0 Å². The number of hydrogen-bond donors (Lipinski definition) is 1. The smallest absolute Gasteiger partial charge is 0.225 e. The molecule has 0 aromatic heterocycles. The largest absolute Gasteiger partial charge is 0.326 e. The van der Waals surface area contributed by atoms with Crippen molar-refractivity contribution in [3.05, 3.63) is 29.8 Å². The van der Waals surface area contributed by atoms with Crippen LogP contribution in [0.4, 0.5) is 5.69 Å². The van der Waals surface area contributed by atoms with Gasteiger partial charge < -0.3 is 10.2 Å². The summed E-state index contributed by atoms with van der Waals surface area (Å²) < 4.78 is 0. The molecule has 0 bridgehead atoms. The number of benzene rings is 1. The Labute approximate surface area is 125 Å². The van der Waals surface area contributed by atoms with E-state index in [1.165, 1.54) is 32.4 Å². The van der Waals surface area contributed by atoms with Gasteiger partial charge in [0.2, 0.25) is 5.91 Å². The lowest BCUT2D eigenvalue weighted by molar-refractivity contribution is -0.116. The van der Waals surface area contributed by atoms with Crippen LogP contribution >= 0.6 is 0 Å². The maximum Gasteiger partial charge on any atom is 0.225 e. The van der Waals surface area contributed by atoms with Gasteiger partial charge >= 0.3 is 0 Å². The number of nitrogens with one attached hydrogen (secondary N) is 1. The first-order valence-corrected chi connectivity index (χ1v) is 7.77.